The molecule has 124 valence electrons. The van der Waals surface area contributed by atoms with Crippen molar-refractivity contribution in [2.45, 2.75) is 20.5 Å². The zero-order valence-corrected chi connectivity index (χ0v) is 14.2. The van der Waals surface area contributed by atoms with Gasteiger partial charge in [-0.25, -0.2) is 0 Å². The largest absolute Gasteiger partial charge is 0.489 e. The number of pyridine rings is 1. The van der Waals surface area contributed by atoms with Crippen LogP contribution < -0.4 is 10.3 Å². The number of hydrogen-bond acceptors (Lipinski definition) is 3. The Hall–Kier alpha value is -3.32. The summed E-state index contributed by atoms with van der Waals surface area (Å²) in [6.45, 7) is 4.30. The lowest BCUT2D eigenvalue weighted by Gasteiger charge is -2.10. The van der Waals surface area contributed by atoms with Crippen LogP contribution in [0.3, 0.4) is 0 Å². The molecule has 0 aliphatic rings. The molecule has 0 aliphatic carbocycles. The Morgan fingerprint density at radius 1 is 1.08 bits per heavy atom. The van der Waals surface area contributed by atoms with E-state index in [1.165, 1.54) is 5.56 Å². The van der Waals surface area contributed by atoms with Crippen LogP contribution in [0.25, 0.3) is 11.1 Å². The third-order valence-electron chi connectivity index (χ3n) is 3.91. The van der Waals surface area contributed by atoms with Gasteiger partial charge in [0, 0.05) is 11.3 Å². The summed E-state index contributed by atoms with van der Waals surface area (Å²) in [6, 6.07) is 19.4. The van der Waals surface area contributed by atoms with Crippen molar-refractivity contribution in [1.29, 1.82) is 5.26 Å². The molecule has 0 fully saturated rings. The van der Waals surface area contributed by atoms with Gasteiger partial charge in [-0.2, -0.15) is 5.26 Å². The molecule has 0 aliphatic heterocycles. The minimum absolute atomic E-state index is 0.112. The summed E-state index contributed by atoms with van der Waals surface area (Å²) in [5.41, 5.74) is 4.13. The summed E-state index contributed by atoms with van der Waals surface area (Å²) >= 11 is 0. The van der Waals surface area contributed by atoms with Crippen LogP contribution in [0.4, 0.5) is 0 Å². The highest BCUT2D eigenvalue weighted by molar-refractivity contribution is 5.71. The van der Waals surface area contributed by atoms with E-state index in [1.807, 2.05) is 55.5 Å². The summed E-state index contributed by atoms with van der Waals surface area (Å²) in [4.78, 5) is 14.6. The van der Waals surface area contributed by atoms with Crippen molar-refractivity contribution in [3.63, 3.8) is 0 Å². The van der Waals surface area contributed by atoms with Crippen molar-refractivity contribution in [3.8, 4) is 22.9 Å². The molecule has 3 rings (SSSR count). The molecule has 0 spiro atoms. The molecule has 4 nitrogen and oxygen atoms in total. The molecule has 1 aromatic heterocycles. The Labute approximate surface area is 146 Å². The first-order valence-electron chi connectivity index (χ1n) is 7.99. The first-order valence-corrected chi connectivity index (χ1v) is 7.99. The monoisotopic (exact) mass is 330 g/mol. The second-order valence-corrected chi connectivity index (χ2v) is 5.99. The van der Waals surface area contributed by atoms with E-state index in [-0.39, 0.29) is 11.1 Å². The third-order valence-corrected chi connectivity index (χ3v) is 3.91. The van der Waals surface area contributed by atoms with Crippen LogP contribution >= 0.6 is 0 Å². The van der Waals surface area contributed by atoms with Crippen molar-refractivity contribution in [3.05, 3.63) is 87.3 Å². The van der Waals surface area contributed by atoms with Crippen LogP contribution in [0.2, 0.25) is 0 Å². The van der Waals surface area contributed by atoms with Crippen molar-refractivity contribution < 1.29 is 4.74 Å². The molecule has 0 amide bonds. The van der Waals surface area contributed by atoms with Gasteiger partial charge in [-0.05, 0) is 43.2 Å². The number of benzene rings is 2. The average molecular weight is 330 g/mol. The van der Waals surface area contributed by atoms with Gasteiger partial charge in [0.1, 0.15) is 24.0 Å². The molecule has 1 heterocycles. The Bertz CT molecular complexity index is 1010. The van der Waals surface area contributed by atoms with E-state index in [0.717, 1.165) is 11.1 Å². The number of rotatable bonds is 4. The highest BCUT2D eigenvalue weighted by Gasteiger charge is 2.11. The van der Waals surface area contributed by atoms with Gasteiger partial charge in [-0.1, -0.05) is 42.0 Å². The zero-order chi connectivity index (χ0) is 17.8. The molecule has 0 radical (unpaired) electrons. The zero-order valence-electron chi connectivity index (χ0n) is 14.2. The Morgan fingerprint density at radius 3 is 2.64 bits per heavy atom. The minimum atomic E-state index is -0.372. The predicted molar refractivity (Wildman–Crippen MR) is 97.5 cm³/mol. The van der Waals surface area contributed by atoms with Crippen LogP contribution in [0.5, 0.6) is 5.75 Å². The lowest BCUT2D eigenvalue weighted by atomic mass is 10.0. The van der Waals surface area contributed by atoms with Gasteiger partial charge in [0.05, 0.1) is 0 Å². The molecule has 0 atom stereocenters. The van der Waals surface area contributed by atoms with Crippen molar-refractivity contribution in [2.24, 2.45) is 0 Å². The van der Waals surface area contributed by atoms with Crippen molar-refractivity contribution in [2.75, 3.05) is 0 Å². The van der Waals surface area contributed by atoms with E-state index >= 15 is 0 Å². The topological polar surface area (TPSA) is 65.9 Å². The lowest BCUT2D eigenvalue weighted by molar-refractivity contribution is 0.306. The van der Waals surface area contributed by atoms with E-state index in [9.17, 15) is 10.1 Å². The third kappa shape index (κ3) is 3.78. The van der Waals surface area contributed by atoms with Gasteiger partial charge in [0.2, 0.25) is 0 Å². The molecular formula is C21H18N2O2. The number of ether oxygens (including phenoxy) is 1. The van der Waals surface area contributed by atoms with E-state index in [1.54, 1.807) is 13.0 Å². The number of aryl methyl sites for hydroxylation is 2. The second kappa shape index (κ2) is 7.06. The fourth-order valence-corrected chi connectivity index (χ4v) is 2.75. The first kappa shape index (κ1) is 16.5. The lowest BCUT2D eigenvalue weighted by Crippen LogP contribution is -2.12. The molecule has 0 saturated heterocycles. The maximum absolute atomic E-state index is 12.0. The van der Waals surface area contributed by atoms with Gasteiger partial charge in [0.15, 0.2) is 0 Å². The standard InChI is InChI=1S/C21H18N2O2/c1-14-5-3-6-16(9-14)13-25-18-8-4-7-17(11-18)19-10-15(2)23-21(24)20(19)12-22/h3-11H,13H2,1-2H3,(H,23,24). The van der Waals surface area contributed by atoms with E-state index in [0.29, 0.717) is 23.6 Å². The summed E-state index contributed by atoms with van der Waals surface area (Å²) in [5.74, 6) is 0.695. The van der Waals surface area contributed by atoms with Gasteiger partial charge in [0.25, 0.3) is 5.56 Å². The summed E-state index contributed by atoms with van der Waals surface area (Å²) < 4.78 is 5.87. The van der Waals surface area contributed by atoms with Crippen LogP contribution in [0, 0.1) is 25.2 Å². The molecule has 0 bridgehead atoms. The molecule has 0 unspecified atom stereocenters. The number of nitriles is 1. The van der Waals surface area contributed by atoms with Crippen LogP contribution in [0.1, 0.15) is 22.4 Å². The highest BCUT2D eigenvalue weighted by atomic mass is 16.5. The number of hydrogen-bond donors (Lipinski definition) is 1. The Kier molecular flexibility index (Phi) is 4.67. The summed E-state index contributed by atoms with van der Waals surface area (Å²) in [6.07, 6.45) is 0. The fraction of sp³-hybridized carbons (Fsp3) is 0.143. The number of nitrogens with zero attached hydrogens (tertiary/aromatic N) is 1. The SMILES string of the molecule is Cc1cccc(COc2cccc(-c3cc(C)[nH]c(=O)c3C#N)c2)c1. The quantitative estimate of drug-likeness (QED) is 0.783. The summed E-state index contributed by atoms with van der Waals surface area (Å²) in [5, 5.41) is 9.30. The molecule has 3 aromatic rings. The fourth-order valence-electron chi connectivity index (χ4n) is 2.75. The smallest absolute Gasteiger partial charge is 0.266 e. The van der Waals surface area contributed by atoms with Crippen molar-refractivity contribution >= 4 is 0 Å². The van der Waals surface area contributed by atoms with E-state index < -0.39 is 0 Å². The van der Waals surface area contributed by atoms with E-state index in [2.05, 4.69) is 11.1 Å². The molecule has 4 heteroatoms. The van der Waals surface area contributed by atoms with Crippen LogP contribution in [-0.2, 0) is 6.61 Å². The van der Waals surface area contributed by atoms with Crippen LogP contribution in [-0.4, -0.2) is 4.98 Å². The maximum Gasteiger partial charge on any atom is 0.266 e. The predicted octanol–water partition coefficient (Wildman–Crippen LogP) is 4.11. The number of H-pyrrole nitrogens is 1. The Morgan fingerprint density at radius 2 is 1.88 bits per heavy atom. The number of aromatic nitrogens is 1. The highest BCUT2D eigenvalue weighted by Crippen LogP contribution is 2.26. The van der Waals surface area contributed by atoms with Gasteiger partial charge in [-0.3, -0.25) is 4.79 Å². The maximum atomic E-state index is 12.0. The van der Waals surface area contributed by atoms with Crippen LogP contribution in [0.15, 0.2) is 59.4 Å². The molecule has 1 N–H and O–H groups in total. The Balaban J connectivity index is 1.90. The molecule has 0 saturated carbocycles. The molecular weight excluding hydrogens is 312 g/mol. The van der Waals surface area contributed by atoms with Gasteiger partial charge < -0.3 is 9.72 Å². The first-order chi connectivity index (χ1) is 12.1. The minimum Gasteiger partial charge on any atom is -0.489 e. The molecule has 2 aromatic carbocycles. The molecule has 25 heavy (non-hydrogen) atoms. The van der Waals surface area contributed by atoms with Gasteiger partial charge >= 0.3 is 0 Å². The van der Waals surface area contributed by atoms with Gasteiger partial charge in [-0.15, -0.1) is 0 Å². The van der Waals surface area contributed by atoms with E-state index in [4.69, 9.17) is 4.74 Å². The number of nitrogens with one attached hydrogen (secondary N) is 1. The normalized spacial score (nSPS) is 10.3. The second-order valence-electron chi connectivity index (χ2n) is 5.99. The number of aromatic amines is 1. The average Bonchev–Trinajstić information content (AvgIpc) is 2.60. The van der Waals surface area contributed by atoms with Crippen molar-refractivity contribution in [1.82, 2.24) is 4.98 Å². The summed E-state index contributed by atoms with van der Waals surface area (Å²) in [7, 11) is 0.